The lowest BCUT2D eigenvalue weighted by atomic mass is 10.1. The van der Waals surface area contributed by atoms with E-state index in [0.29, 0.717) is 5.39 Å². The van der Waals surface area contributed by atoms with Gasteiger partial charge in [0.2, 0.25) is 0 Å². The number of aliphatic hydroxyl groups excluding tert-OH is 2. The van der Waals surface area contributed by atoms with E-state index in [1.54, 1.807) is 16.8 Å². The van der Waals surface area contributed by atoms with E-state index in [9.17, 15) is 9.90 Å². The Balaban J connectivity index is 2.23. The molecule has 108 valence electrons. The Morgan fingerprint density at radius 3 is 2.67 bits per heavy atom. The molecule has 0 spiro atoms. The third-order valence-electron chi connectivity index (χ3n) is 3.51. The van der Waals surface area contributed by atoms with Crippen LogP contribution in [-0.2, 0) is 6.54 Å². The fourth-order valence-corrected chi connectivity index (χ4v) is 2.53. The quantitative estimate of drug-likeness (QED) is 0.676. The second kappa shape index (κ2) is 5.55. The minimum Gasteiger partial charge on any atom is -0.394 e. The Bertz CT molecular complexity index is 805. The van der Waals surface area contributed by atoms with Crippen molar-refractivity contribution in [1.29, 1.82) is 0 Å². The number of pyridine rings is 1. The molecule has 0 radical (unpaired) electrons. The maximum absolute atomic E-state index is 12.2. The van der Waals surface area contributed by atoms with Gasteiger partial charge >= 0.3 is 0 Å². The SMILES string of the molecule is O=c1[nH]ccc2c1c(-c1ccccc1)cn2CC(O)CO. The summed E-state index contributed by atoms with van der Waals surface area (Å²) in [6.07, 6.45) is 2.57. The van der Waals surface area contributed by atoms with Gasteiger partial charge in [0.25, 0.3) is 5.56 Å². The van der Waals surface area contributed by atoms with Gasteiger partial charge in [-0.1, -0.05) is 30.3 Å². The maximum Gasteiger partial charge on any atom is 0.258 e. The van der Waals surface area contributed by atoms with E-state index in [1.165, 1.54) is 0 Å². The molecule has 5 nitrogen and oxygen atoms in total. The lowest BCUT2D eigenvalue weighted by Gasteiger charge is -2.09. The number of H-pyrrole nitrogens is 1. The molecule has 3 rings (SSSR count). The first-order chi connectivity index (χ1) is 10.2. The number of nitrogens with zero attached hydrogens (tertiary/aromatic N) is 1. The Labute approximate surface area is 121 Å². The van der Waals surface area contributed by atoms with E-state index >= 15 is 0 Å². The first-order valence-electron chi connectivity index (χ1n) is 6.75. The molecular weight excluding hydrogens is 268 g/mol. The molecule has 0 saturated carbocycles. The molecule has 0 bridgehead atoms. The molecule has 0 amide bonds. The summed E-state index contributed by atoms with van der Waals surface area (Å²) in [6, 6.07) is 11.4. The Kier molecular flexibility index (Phi) is 3.60. The molecule has 2 heterocycles. The van der Waals surface area contributed by atoms with Gasteiger partial charge in [-0.2, -0.15) is 0 Å². The molecular formula is C16H16N2O3. The predicted octanol–water partition coefficient (Wildman–Crippen LogP) is 1.35. The molecule has 0 aliphatic carbocycles. The highest BCUT2D eigenvalue weighted by molar-refractivity contribution is 5.95. The summed E-state index contributed by atoms with van der Waals surface area (Å²) in [5.41, 5.74) is 2.34. The Morgan fingerprint density at radius 2 is 1.95 bits per heavy atom. The third-order valence-corrected chi connectivity index (χ3v) is 3.51. The fourth-order valence-electron chi connectivity index (χ4n) is 2.53. The molecule has 3 N–H and O–H groups in total. The lowest BCUT2D eigenvalue weighted by Crippen LogP contribution is -2.19. The van der Waals surface area contributed by atoms with Crippen LogP contribution in [0.3, 0.4) is 0 Å². The minimum atomic E-state index is -0.858. The van der Waals surface area contributed by atoms with Crippen LogP contribution in [0, 0.1) is 0 Å². The second-order valence-electron chi connectivity index (χ2n) is 4.96. The molecule has 0 saturated heterocycles. The standard InChI is InChI=1S/C16H16N2O3/c19-10-12(20)8-18-9-13(11-4-2-1-3-5-11)15-14(18)6-7-17-16(15)21/h1-7,9,12,19-20H,8,10H2,(H,17,21). The van der Waals surface area contributed by atoms with Crippen molar-refractivity contribution in [3.63, 3.8) is 0 Å². The van der Waals surface area contributed by atoms with Crippen molar-refractivity contribution in [1.82, 2.24) is 9.55 Å². The maximum atomic E-state index is 12.2. The average molecular weight is 284 g/mol. The molecule has 21 heavy (non-hydrogen) atoms. The third kappa shape index (κ3) is 2.49. The van der Waals surface area contributed by atoms with Gasteiger partial charge < -0.3 is 19.8 Å². The summed E-state index contributed by atoms with van der Waals surface area (Å²) in [5.74, 6) is 0. The van der Waals surface area contributed by atoms with Crippen molar-refractivity contribution in [2.75, 3.05) is 6.61 Å². The summed E-state index contributed by atoms with van der Waals surface area (Å²) < 4.78 is 1.80. The molecule has 0 aliphatic rings. The molecule has 1 atom stereocenters. The van der Waals surface area contributed by atoms with Crippen molar-refractivity contribution in [3.8, 4) is 11.1 Å². The number of nitrogens with one attached hydrogen (secondary N) is 1. The van der Waals surface area contributed by atoms with Crippen LogP contribution in [0.4, 0.5) is 0 Å². The fraction of sp³-hybridized carbons (Fsp3) is 0.188. The van der Waals surface area contributed by atoms with Gasteiger partial charge in [0, 0.05) is 18.0 Å². The first kappa shape index (κ1) is 13.6. The Hall–Kier alpha value is -2.37. The topological polar surface area (TPSA) is 78.2 Å². The van der Waals surface area contributed by atoms with Crippen LogP contribution in [0.25, 0.3) is 22.0 Å². The number of fused-ring (bicyclic) bond motifs is 1. The van der Waals surface area contributed by atoms with Crippen LogP contribution < -0.4 is 5.56 Å². The molecule has 1 aromatic carbocycles. The van der Waals surface area contributed by atoms with E-state index in [0.717, 1.165) is 16.6 Å². The predicted molar refractivity (Wildman–Crippen MR) is 81.1 cm³/mol. The van der Waals surface area contributed by atoms with Gasteiger partial charge in [-0.25, -0.2) is 0 Å². The van der Waals surface area contributed by atoms with E-state index in [2.05, 4.69) is 4.98 Å². The number of hydrogen-bond acceptors (Lipinski definition) is 3. The number of hydrogen-bond donors (Lipinski definition) is 3. The summed E-state index contributed by atoms with van der Waals surface area (Å²) >= 11 is 0. The van der Waals surface area contributed by atoms with Gasteiger partial charge in [-0.3, -0.25) is 4.79 Å². The van der Waals surface area contributed by atoms with Crippen molar-refractivity contribution >= 4 is 10.9 Å². The highest BCUT2D eigenvalue weighted by Gasteiger charge is 2.14. The van der Waals surface area contributed by atoms with Crippen LogP contribution in [-0.4, -0.2) is 32.5 Å². The zero-order valence-corrected chi connectivity index (χ0v) is 11.4. The van der Waals surface area contributed by atoms with Gasteiger partial charge in [-0.15, -0.1) is 0 Å². The van der Waals surface area contributed by atoms with Gasteiger partial charge in [0.05, 0.1) is 30.2 Å². The zero-order valence-electron chi connectivity index (χ0n) is 11.4. The molecule has 0 fully saturated rings. The smallest absolute Gasteiger partial charge is 0.258 e. The van der Waals surface area contributed by atoms with Gasteiger partial charge in [0.15, 0.2) is 0 Å². The number of aromatic amines is 1. The van der Waals surface area contributed by atoms with Crippen LogP contribution in [0.15, 0.2) is 53.6 Å². The molecule has 3 aromatic rings. The van der Waals surface area contributed by atoms with Crippen LogP contribution in [0.1, 0.15) is 0 Å². The Morgan fingerprint density at radius 1 is 1.19 bits per heavy atom. The van der Waals surface area contributed by atoms with Crippen LogP contribution in [0.2, 0.25) is 0 Å². The van der Waals surface area contributed by atoms with E-state index < -0.39 is 6.10 Å². The van der Waals surface area contributed by atoms with Crippen LogP contribution in [0.5, 0.6) is 0 Å². The molecule has 5 heteroatoms. The van der Waals surface area contributed by atoms with Crippen molar-refractivity contribution in [3.05, 3.63) is 59.1 Å². The summed E-state index contributed by atoms with van der Waals surface area (Å²) in [4.78, 5) is 14.8. The number of aliphatic hydroxyl groups is 2. The normalized spacial score (nSPS) is 12.7. The largest absolute Gasteiger partial charge is 0.394 e. The van der Waals surface area contributed by atoms with Crippen LogP contribution >= 0.6 is 0 Å². The van der Waals surface area contributed by atoms with Gasteiger partial charge in [-0.05, 0) is 11.6 Å². The van der Waals surface area contributed by atoms with Gasteiger partial charge in [0.1, 0.15) is 0 Å². The average Bonchev–Trinajstić information content (AvgIpc) is 2.88. The minimum absolute atomic E-state index is 0.163. The van der Waals surface area contributed by atoms with E-state index in [1.807, 2.05) is 36.5 Å². The monoisotopic (exact) mass is 284 g/mol. The molecule has 1 unspecified atom stereocenters. The zero-order chi connectivity index (χ0) is 14.8. The van der Waals surface area contributed by atoms with Crippen molar-refractivity contribution < 1.29 is 10.2 Å². The number of aromatic nitrogens is 2. The summed E-state index contributed by atoms with van der Waals surface area (Å²) in [6.45, 7) is -0.0766. The highest BCUT2D eigenvalue weighted by Crippen LogP contribution is 2.28. The molecule has 0 aliphatic heterocycles. The second-order valence-corrected chi connectivity index (χ2v) is 4.96. The number of benzene rings is 1. The highest BCUT2D eigenvalue weighted by atomic mass is 16.3. The van der Waals surface area contributed by atoms with E-state index in [-0.39, 0.29) is 18.7 Å². The molecule has 2 aromatic heterocycles. The van der Waals surface area contributed by atoms with Crippen molar-refractivity contribution in [2.24, 2.45) is 0 Å². The van der Waals surface area contributed by atoms with E-state index in [4.69, 9.17) is 5.11 Å². The lowest BCUT2D eigenvalue weighted by molar-refractivity contribution is 0.0822. The van der Waals surface area contributed by atoms with Crippen molar-refractivity contribution in [2.45, 2.75) is 12.6 Å². The first-order valence-corrected chi connectivity index (χ1v) is 6.75. The number of rotatable bonds is 4. The summed E-state index contributed by atoms with van der Waals surface area (Å²) in [5, 5.41) is 19.3. The summed E-state index contributed by atoms with van der Waals surface area (Å²) in [7, 11) is 0.